The molecule has 1 aromatic heterocycles. The van der Waals surface area contributed by atoms with Gasteiger partial charge in [0.15, 0.2) is 5.76 Å². The Bertz CT molecular complexity index is 916. The Hall–Kier alpha value is -2.33. The molecule has 1 aromatic carbocycles. The molecule has 0 unspecified atom stereocenters. The predicted molar refractivity (Wildman–Crippen MR) is 86.1 cm³/mol. The number of carbonyl (C=O) groups excluding carboxylic acids is 1. The van der Waals surface area contributed by atoms with Crippen LogP contribution in [0.4, 0.5) is 18.9 Å². The largest absolute Gasteiger partial charge is 0.438 e. The molecule has 1 fully saturated rings. The summed E-state index contributed by atoms with van der Waals surface area (Å²) in [6.45, 7) is 0.767. The molecule has 0 atom stereocenters. The standard InChI is InChI=1S/C16H15F3N2O4S/c17-16(18,19)11-4-3-5-12(10-11)20-15(22)13-6-7-14(25-13)26(23,24)21-8-1-2-9-21/h3-7,10H,1-2,8-9H2,(H,20,22). The summed E-state index contributed by atoms with van der Waals surface area (Å²) in [6, 6.07) is 6.44. The number of carbonyl (C=O) groups is 1. The van der Waals surface area contributed by atoms with Gasteiger partial charge in [-0.25, -0.2) is 8.42 Å². The molecule has 2 heterocycles. The van der Waals surface area contributed by atoms with Crippen molar-refractivity contribution >= 4 is 21.6 Å². The lowest BCUT2D eigenvalue weighted by atomic mass is 10.2. The number of alkyl halides is 3. The topological polar surface area (TPSA) is 79.6 Å². The van der Waals surface area contributed by atoms with Crippen molar-refractivity contribution in [1.82, 2.24) is 4.31 Å². The number of nitrogens with one attached hydrogen (secondary N) is 1. The van der Waals surface area contributed by atoms with Crippen molar-refractivity contribution in [3.63, 3.8) is 0 Å². The van der Waals surface area contributed by atoms with Crippen molar-refractivity contribution in [2.24, 2.45) is 0 Å². The maximum atomic E-state index is 12.7. The molecule has 2 aromatic rings. The summed E-state index contributed by atoms with van der Waals surface area (Å²) in [5.74, 6) is -1.15. The smallest absolute Gasteiger partial charge is 0.416 e. The quantitative estimate of drug-likeness (QED) is 0.871. The van der Waals surface area contributed by atoms with E-state index >= 15 is 0 Å². The molecule has 1 amide bonds. The Kier molecular flexibility index (Phi) is 4.80. The number of halogens is 3. The molecule has 1 aliphatic heterocycles. The second-order valence-corrected chi connectivity index (χ2v) is 7.63. The lowest BCUT2D eigenvalue weighted by Gasteiger charge is -2.12. The van der Waals surface area contributed by atoms with E-state index in [-0.39, 0.29) is 16.5 Å². The molecular formula is C16H15F3N2O4S. The summed E-state index contributed by atoms with van der Waals surface area (Å²) >= 11 is 0. The van der Waals surface area contributed by atoms with E-state index in [0.29, 0.717) is 13.1 Å². The lowest BCUT2D eigenvalue weighted by Crippen LogP contribution is -2.27. The first-order valence-corrected chi connectivity index (χ1v) is 9.20. The highest BCUT2D eigenvalue weighted by atomic mass is 32.2. The number of sulfonamides is 1. The molecule has 0 aliphatic carbocycles. The van der Waals surface area contributed by atoms with Gasteiger partial charge in [-0.05, 0) is 43.2 Å². The van der Waals surface area contributed by atoms with Crippen LogP contribution in [0.25, 0.3) is 0 Å². The van der Waals surface area contributed by atoms with Crippen LogP contribution in [0.15, 0.2) is 45.9 Å². The van der Waals surface area contributed by atoms with Gasteiger partial charge in [0.05, 0.1) is 5.56 Å². The second-order valence-electron chi connectivity index (χ2n) is 5.76. The Labute approximate surface area is 147 Å². The minimum absolute atomic E-state index is 0.0785. The number of furan rings is 1. The monoisotopic (exact) mass is 388 g/mol. The van der Waals surface area contributed by atoms with Crippen molar-refractivity contribution in [1.29, 1.82) is 0 Å². The highest BCUT2D eigenvalue weighted by Crippen LogP contribution is 2.31. The third kappa shape index (κ3) is 3.75. The fourth-order valence-corrected chi connectivity index (χ4v) is 4.03. The second kappa shape index (κ2) is 6.76. The van der Waals surface area contributed by atoms with Crippen LogP contribution >= 0.6 is 0 Å². The summed E-state index contributed by atoms with van der Waals surface area (Å²) < 4.78 is 69.2. The number of amides is 1. The third-order valence-corrected chi connectivity index (χ3v) is 5.68. The first-order valence-electron chi connectivity index (χ1n) is 7.76. The van der Waals surface area contributed by atoms with Crippen LogP contribution in [0, 0.1) is 0 Å². The summed E-state index contributed by atoms with van der Waals surface area (Å²) in [6.07, 6.45) is -3.03. The third-order valence-electron chi connectivity index (χ3n) is 3.91. The van der Waals surface area contributed by atoms with E-state index < -0.39 is 27.7 Å². The SMILES string of the molecule is O=C(Nc1cccc(C(F)(F)F)c1)c1ccc(S(=O)(=O)N2CCCC2)o1. The molecule has 0 saturated carbocycles. The molecule has 0 bridgehead atoms. The van der Waals surface area contributed by atoms with Crippen LogP contribution in [0.2, 0.25) is 0 Å². The van der Waals surface area contributed by atoms with Gasteiger partial charge < -0.3 is 9.73 Å². The molecule has 1 saturated heterocycles. The predicted octanol–water partition coefficient (Wildman–Crippen LogP) is 3.34. The molecule has 10 heteroatoms. The van der Waals surface area contributed by atoms with Crippen molar-refractivity contribution < 1.29 is 30.8 Å². The normalized spacial score (nSPS) is 16.0. The lowest BCUT2D eigenvalue weighted by molar-refractivity contribution is -0.137. The van der Waals surface area contributed by atoms with Crippen LogP contribution in [-0.2, 0) is 16.2 Å². The number of nitrogens with zero attached hydrogens (tertiary/aromatic N) is 1. The van der Waals surface area contributed by atoms with Gasteiger partial charge >= 0.3 is 6.18 Å². The zero-order valence-corrected chi connectivity index (χ0v) is 14.2. The summed E-state index contributed by atoms with van der Waals surface area (Å²) in [5.41, 5.74) is -0.989. The molecule has 3 rings (SSSR count). The molecular weight excluding hydrogens is 373 g/mol. The van der Waals surface area contributed by atoms with Gasteiger partial charge in [0.1, 0.15) is 0 Å². The molecule has 1 N–H and O–H groups in total. The minimum Gasteiger partial charge on any atom is -0.438 e. The van der Waals surface area contributed by atoms with Gasteiger partial charge in [-0.1, -0.05) is 6.07 Å². The Morgan fingerprint density at radius 3 is 2.46 bits per heavy atom. The first kappa shape index (κ1) is 18.5. The molecule has 26 heavy (non-hydrogen) atoms. The number of hydrogen-bond donors (Lipinski definition) is 1. The van der Waals surface area contributed by atoms with Gasteiger partial charge in [-0.2, -0.15) is 17.5 Å². The highest BCUT2D eigenvalue weighted by Gasteiger charge is 2.32. The van der Waals surface area contributed by atoms with Gasteiger partial charge in [0.25, 0.3) is 15.9 Å². The highest BCUT2D eigenvalue weighted by molar-refractivity contribution is 7.89. The average Bonchev–Trinajstić information content (AvgIpc) is 3.26. The Balaban J connectivity index is 1.77. The van der Waals surface area contributed by atoms with E-state index in [2.05, 4.69) is 5.32 Å². The Morgan fingerprint density at radius 1 is 1.12 bits per heavy atom. The van der Waals surface area contributed by atoms with Crippen molar-refractivity contribution in [2.45, 2.75) is 24.1 Å². The number of rotatable bonds is 4. The first-order chi connectivity index (χ1) is 12.2. The summed E-state index contributed by atoms with van der Waals surface area (Å²) in [7, 11) is -3.81. The van der Waals surface area contributed by atoms with Crippen LogP contribution in [0.1, 0.15) is 29.0 Å². The fraction of sp³-hybridized carbons (Fsp3) is 0.312. The fourth-order valence-electron chi connectivity index (χ4n) is 2.60. The van der Waals surface area contributed by atoms with Crippen LogP contribution in [0.5, 0.6) is 0 Å². The van der Waals surface area contributed by atoms with E-state index in [1.54, 1.807) is 0 Å². The van der Waals surface area contributed by atoms with E-state index in [1.807, 2.05) is 0 Å². The molecule has 0 spiro atoms. The zero-order valence-electron chi connectivity index (χ0n) is 13.4. The number of anilines is 1. The Morgan fingerprint density at radius 2 is 1.81 bits per heavy atom. The average molecular weight is 388 g/mol. The summed E-state index contributed by atoms with van der Waals surface area (Å²) in [4.78, 5) is 12.1. The van der Waals surface area contributed by atoms with Crippen LogP contribution in [-0.4, -0.2) is 31.7 Å². The van der Waals surface area contributed by atoms with Crippen LogP contribution < -0.4 is 5.32 Å². The molecule has 0 radical (unpaired) electrons. The number of benzene rings is 1. The summed E-state index contributed by atoms with van der Waals surface area (Å²) in [5, 5.41) is 1.90. The van der Waals surface area contributed by atoms with E-state index in [0.717, 1.165) is 37.1 Å². The van der Waals surface area contributed by atoms with E-state index in [1.165, 1.54) is 16.4 Å². The van der Waals surface area contributed by atoms with Gasteiger partial charge in [-0.15, -0.1) is 0 Å². The van der Waals surface area contributed by atoms with Crippen molar-refractivity contribution in [2.75, 3.05) is 18.4 Å². The molecule has 140 valence electrons. The van der Waals surface area contributed by atoms with Crippen molar-refractivity contribution in [3.05, 3.63) is 47.7 Å². The van der Waals surface area contributed by atoms with E-state index in [4.69, 9.17) is 4.42 Å². The number of hydrogen-bond acceptors (Lipinski definition) is 4. The zero-order chi connectivity index (χ0) is 18.9. The van der Waals surface area contributed by atoms with Gasteiger partial charge in [0, 0.05) is 18.8 Å². The minimum atomic E-state index is -4.54. The van der Waals surface area contributed by atoms with E-state index in [9.17, 15) is 26.4 Å². The molecule has 1 aliphatic rings. The maximum Gasteiger partial charge on any atom is 0.416 e. The maximum absolute atomic E-state index is 12.7. The van der Waals surface area contributed by atoms with Crippen molar-refractivity contribution in [3.8, 4) is 0 Å². The van der Waals surface area contributed by atoms with Gasteiger partial charge in [0.2, 0.25) is 5.09 Å². The molecule has 6 nitrogen and oxygen atoms in total. The van der Waals surface area contributed by atoms with Gasteiger partial charge in [-0.3, -0.25) is 4.79 Å². The van der Waals surface area contributed by atoms with Crippen LogP contribution in [0.3, 0.4) is 0 Å².